The molecule has 0 spiro atoms. The van der Waals surface area contributed by atoms with E-state index in [9.17, 15) is 9.18 Å². The second kappa shape index (κ2) is 8.58. The summed E-state index contributed by atoms with van der Waals surface area (Å²) in [5.41, 5.74) is 3.79. The molecule has 3 nitrogen and oxygen atoms in total. The van der Waals surface area contributed by atoms with Crippen molar-refractivity contribution in [3.8, 4) is 11.1 Å². The third kappa shape index (κ3) is 4.77. The van der Waals surface area contributed by atoms with Gasteiger partial charge in [-0.2, -0.15) is 0 Å². The fourth-order valence-electron chi connectivity index (χ4n) is 2.62. The summed E-state index contributed by atoms with van der Waals surface area (Å²) in [6, 6.07) is 10.4. The van der Waals surface area contributed by atoms with Crippen LogP contribution in [0.15, 0.2) is 48.6 Å². The lowest BCUT2D eigenvalue weighted by atomic mass is 9.95. The standard InChI is InChI=1S/C21H23FO3/c1-4-5-15-6-8-18(17(10-15)13-25-21(24)14(2)3)19-9-7-16(12-23)11-20(19)22/h6-11,23H,2,4-5,12-13H2,1,3H3. The lowest BCUT2D eigenvalue weighted by molar-refractivity contribution is -0.140. The second-order valence-electron chi connectivity index (χ2n) is 6.07. The molecule has 0 aliphatic heterocycles. The first-order chi connectivity index (χ1) is 12.0. The van der Waals surface area contributed by atoms with E-state index in [1.165, 1.54) is 6.07 Å². The highest BCUT2D eigenvalue weighted by molar-refractivity contribution is 5.87. The maximum atomic E-state index is 14.4. The largest absolute Gasteiger partial charge is 0.457 e. The minimum absolute atomic E-state index is 0.0553. The van der Waals surface area contributed by atoms with Crippen molar-refractivity contribution in [2.24, 2.45) is 0 Å². The van der Waals surface area contributed by atoms with E-state index in [-0.39, 0.29) is 13.2 Å². The molecule has 0 atom stereocenters. The van der Waals surface area contributed by atoms with E-state index in [4.69, 9.17) is 9.84 Å². The Bertz CT molecular complexity index is 781. The van der Waals surface area contributed by atoms with Crippen molar-refractivity contribution in [3.05, 3.63) is 71.1 Å². The van der Waals surface area contributed by atoms with Crippen molar-refractivity contribution in [1.29, 1.82) is 0 Å². The smallest absolute Gasteiger partial charge is 0.333 e. The second-order valence-corrected chi connectivity index (χ2v) is 6.07. The summed E-state index contributed by atoms with van der Waals surface area (Å²) < 4.78 is 19.7. The summed E-state index contributed by atoms with van der Waals surface area (Å²) in [4.78, 5) is 11.7. The van der Waals surface area contributed by atoms with E-state index in [0.29, 0.717) is 22.3 Å². The Morgan fingerprint density at radius 3 is 2.44 bits per heavy atom. The average molecular weight is 342 g/mol. The maximum Gasteiger partial charge on any atom is 0.333 e. The van der Waals surface area contributed by atoms with Gasteiger partial charge in [-0.15, -0.1) is 0 Å². The van der Waals surface area contributed by atoms with Crippen LogP contribution in [-0.2, 0) is 29.2 Å². The lowest BCUT2D eigenvalue weighted by Crippen LogP contribution is -2.06. The molecule has 1 N–H and O–H groups in total. The third-order valence-corrected chi connectivity index (χ3v) is 3.92. The molecule has 2 aromatic rings. The molecule has 0 unspecified atom stereocenters. The summed E-state index contributed by atoms with van der Waals surface area (Å²) in [5, 5.41) is 9.14. The van der Waals surface area contributed by atoms with Crippen LogP contribution in [-0.4, -0.2) is 11.1 Å². The molecule has 25 heavy (non-hydrogen) atoms. The van der Waals surface area contributed by atoms with Gasteiger partial charge in [-0.25, -0.2) is 9.18 Å². The highest BCUT2D eigenvalue weighted by Gasteiger charge is 2.13. The Hall–Kier alpha value is -2.46. The molecular formula is C21H23FO3. The molecule has 4 heteroatoms. The van der Waals surface area contributed by atoms with Gasteiger partial charge in [0.25, 0.3) is 0 Å². The molecule has 132 valence electrons. The molecule has 0 heterocycles. The molecule has 0 aliphatic rings. The molecule has 0 aliphatic carbocycles. The number of carbonyl (C=O) groups excluding carboxylic acids is 1. The molecule has 0 bridgehead atoms. The van der Waals surface area contributed by atoms with Gasteiger partial charge < -0.3 is 9.84 Å². The number of ether oxygens (including phenoxy) is 1. The zero-order chi connectivity index (χ0) is 18.4. The molecule has 0 radical (unpaired) electrons. The normalized spacial score (nSPS) is 10.6. The minimum Gasteiger partial charge on any atom is -0.457 e. The molecule has 0 aromatic heterocycles. The van der Waals surface area contributed by atoms with Gasteiger partial charge in [-0.1, -0.05) is 50.3 Å². The van der Waals surface area contributed by atoms with Gasteiger partial charge in [0.2, 0.25) is 0 Å². The van der Waals surface area contributed by atoms with Crippen LogP contribution in [0.2, 0.25) is 0 Å². The van der Waals surface area contributed by atoms with Gasteiger partial charge in [0.1, 0.15) is 12.4 Å². The predicted octanol–water partition coefficient (Wildman–Crippen LogP) is 4.56. The van der Waals surface area contributed by atoms with E-state index in [1.807, 2.05) is 18.2 Å². The number of benzene rings is 2. The molecule has 0 saturated heterocycles. The van der Waals surface area contributed by atoms with Gasteiger partial charge in [0.15, 0.2) is 0 Å². The predicted molar refractivity (Wildman–Crippen MR) is 96.4 cm³/mol. The summed E-state index contributed by atoms with van der Waals surface area (Å²) in [6.07, 6.45) is 1.89. The van der Waals surface area contributed by atoms with Crippen LogP contribution in [0.4, 0.5) is 4.39 Å². The first-order valence-electron chi connectivity index (χ1n) is 8.30. The van der Waals surface area contributed by atoms with E-state index in [1.54, 1.807) is 19.1 Å². The summed E-state index contributed by atoms with van der Waals surface area (Å²) in [5.74, 6) is -0.884. The number of aryl methyl sites for hydroxylation is 1. The van der Waals surface area contributed by atoms with Crippen LogP contribution in [0.25, 0.3) is 11.1 Å². The Morgan fingerprint density at radius 1 is 1.16 bits per heavy atom. The number of rotatable bonds is 7. The third-order valence-electron chi connectivity index (χ3n) is 3.92. The quantitative estimate of drug-likeness (QED) is 0.593. The molecule has 0 amide bonds. The van der Waals surface area contributed by atoms with E-state index in [0.717, 1.165) is 24.0 Å². The Morgan fingerprint density at radius 2 is 1.84 bits per heavy atom. The topological polar surface area (TPSA) is 46.5 Å². The van der Waals surface area contributed by atoms with E-state index >= 15 is 0 Å². The molecule has 2 rings (SSSR count). The zero-order valence-corrected chi connectivity index (χ0v) is 14.6. The van der Waals surface area contributed by atoms with Crippen LogP contribution >= 0.6 is 0 Å². The van der Waals surface area contributed by atoms with Gasteiger partial charge in [0, 0.05) is 11.1 Å². The number of carbonyl (C=O) groups is 1. The highest BCUT2D eigenvalue weighted by Crippen LogP contribution is 2.29. The number of aliphatic hydroxyl groups is 1. The van der Waals surface area contributed by atoms with E-state index < -0.39 is 11.8 Å². The van der Waals surface area contributed by atoms with Crippen molar-refractivity contribution in [2.45, 2.75) is 39.9 Å². The number of hydrogen-bond donors (Lipinski definition) is 1. The van der Waals surface area contributed by atoms with Crippen LogP contribution < -0.4 is 0 Å². The van der Waals surface area contributed by atoms with Crippen LogP contribution in [0.1, 0.15) is 37.0 Å². The van der Waals surface area contributed by atoms with Crippen LogP contribution in [0, 0.1) is 5.82 Å². The van der Waals surface area contributed by atoms with Gasteiger partial charge in [0.05, 0.1) is 6.61 Å². The van der Waals surface area contributed by atoms with Crippen molar-refractivity contribution >= 4 is 5.97 Å². The fraction of sp³-hybridized carbons (Fsp3) is 0.286. The zero-order valence-electron chi connectivity index (χ0n) is 14.6. The number of halogens is 1. The molecule has 2 aromatic carbocycles. The van der Waals surface area contributed by atoms with Gasteiger partial charge >= 0.3 is 5.97 Å². The number of aliphatic hydroxyl groups excluding tert-OH is 1. The SMILES string of the molecule is C=C(C)C(=O)OCc1cc(CCC)ccc1-c1ccc(CO)cc1F. The Kier molecular flexibility index (Phi) is 6.48. The van der Waals surface area contributed by atoms with Crippen molar-refractivity contribution in [1.82, 2.24) is 0 Å². The summed E-state index contributed by atoms with van der Waals surface area (Å²) in [7, 11) is 0. The van der Waals surface area contributed by atoms with Gasteiger partial charge in [-0.05, 0) is 41.7 Å². The summed E-state index contributed by atoms with van der Waals surface area (Å²) >= 11 is 0. The van der Waals surface area contributed by atoms with Gasteiger partial charge in [-0.3, -0.25) is 0 Å². The lowest BCUT2D eigenvalue weighted by Gasteiger charge is -2.14. The molecular weight excluding hydrogens is 319 g/mol. The van der Waals surface area contributed by atoms with Crippen molar-refractivity contribution in [2.75, 3.05) is 0 Å². The van der Waals surface area contributed by atoms with Crippen LogP contribution in [0.5, 0.6) is 0 Å². The van der Waals surface area contributed by atoms with E-state index in [2.05, 4.69) is 13.5 Å². The van der Waals surface area contributed by atoms with Crippen molar-refractivity contribution in [3.63, 3.8) is 0 Å². The molecule has 0 saturated carbocycles. The first kappa shape index (κ1) is 18.9. The summed E-state index contributed by atoms with van der Waals surface area (Å²) in [6.45, 7) is 7.09. The average Bonchev–Trinajstić information content (AvgIpc) is 2.60. The van der Waals surface area contributed by atoms with Crippen LogP contribution in [0.3, 0.4) is 0 Å². The highest BCUT2D eigenvalue weighted by atomic mass is 19.1. The maximum absolute atomic E-state index is 14.4. The monoisotopic (exact) mass is 342 g/mol. The van der Waals surface area contributed by atoms with Crippen molar-refractivity contribution < 1.29 is 19.0 Å². The number of hydrogen-bond acceptors (Lipinski definition) is 3. The Balaban J connectivity index is 2.42. The molecule has 0 fully saturated rings. The number of esters is 1. The minimum atomic E-state index is -0.469. The fourth-order valence-corrected chi connectivity index (χ4v) is 2.62. The Labute approximate surface area is 147 Å². The first-order valence-corrected chi connectivity index (χ1v) is 8.30.